The predicted molar refractivity (Wildman–Crippen MR) is 78.4 cm³/mol. The van der Waals surface area contributed by atoms with Gasteiger partial charge in [-0.25, -0.2) is 4.79 Å². The van der Waals surface area contributed by atoms with Crippen LogP contribution in [0, 0.1) is 6.92 Å². The van der Waals surface area contributed by atoms with Crippen LogP contribution in [0.15, 0.2) is 30.3 Å². The summed E-state index contributed by atoms with van der Waals surface area (Å²) in [6, 6.07) is 9.71. The predicted octanol–water partition coefficient (Wildman–Crippen LogP) is 3.42. The van der Waals surface area contributed by atoms with Gasteiger partial charge in [0.25, 0.3) is 0 Å². The van der Waals surface area contributed by atoms with Crippen molar-refractivity contribution in [3.63, 3.8) is 0 Å². The molecule has 0 saturated carbocycles. The van der Waals surface area contributed by atoms with Crippen molar-refractivity contribution < 1.29 is 4.79 Å². The van der Waals surface area contributed by atoms with Crippen molar-refractivity contribution in [1.82, 2.24) is 9.88 Å². The molecule has 0 aliphatic rings. The van der Waals surface area contributed by atoms with Crippen LogP contribution < -0.4 is 5.32 Å². The van der Waals surface area contributed by atoms with Crippen LogP contribution in [-0.2, 0) is 0 Å². The van der Waals surface area contributed by atoms with Crippen molar-refractivity contribution in [3.8, 4) is 0 Å². The van der Waals surface area contributed by atoms with Gasteiger partial charge in [-0.2, -0.15) is 0 Å². The molecule has 2 amide bonds. The number of hydrogen-bond acceptors (Lipinski definition) is 2. The number of nitrogens with one attached hydrogen (secondary N) is 1. The SMILES string of the molecule is CCN(CC)C(=O)Nc1cccc2ccc(C)nc12. The molecule has 0 spiro atoms. The Kier molecular flexibility index (Phi) is 4.00. The molecule has 0 unspecified atom stereocenters. The minimum atomic E-state index is -0.0826. The standard InChI is InChI=1S/C15H19N3O/c1-4-18(5-2)15(19)17-13-8-6-7-12-10-9-11(3)16-14(12)13/h6-10H,4-5H2,1-3H3,(H,17,19). The molecular weight excluding hydrogens is 238 g/mol. The van der Waals surface area contributed by atoms with Crippen molar-refractivity contribution in [1.29, 1.82) is 0 Å². The normalized spacial score (nSPS) is 10.5. The summed E-state index contributed by atoms with van der Waals surface area (Å²) >= 11 is 0. The Hall–Kier alpha value is -2.10. The number of benzene rings is 1. The van der Waals surface area contributed by atoms with E-state index >= 15 is 0 Å². The topological polar surface area (TPSA) is 45.2 Å². The van der Waals surface area contributed by atoms with Crippen molar-refractivity contribution in [3.05, 3.63) is 36.0 Å². The average Bonchev–Trinajstić information content (AvgIpc) is 2.41. The van der Waals surface area contributed by atoms with E-state index in [1.807, 2.05) is 51.1 Å². The summed E-state index contributed by atoms with van der Waals surface area (Å²) in [6.45, 7) is 7.27. The van der Waals surface area contributed by atoms with E-state index in [1.54, 1.807) is 4.90 Å². The zero-order valence-electron chi connectivity index (χ0n) is 11.6. The van der Waals surface area contributed by atoms with Gasteiger partial charge in [0.15, 0.2) is 0 Å². The molecule has 19 heavy (non-hydrogen) atoms. The summed E-state index contributed by atoms with van der Waals surface area (Å²) in [6.07, 6.45) is 0. The van der Waals surface area contributed by atoms with Gasteiger partial charge in [-0.3, -0.25) is 4.98 Å². The van der Waals surface area contributed by atoms with Crippen LogP contribution in [0.2, 0.25) is 0 Å². The van der Waals surface area contributed by atoms with Gasteiger partial charge in [-0.1, -0.05) is 18.2 Å². The number of urea groups is 1. The highest BCUT2D eigenvalue weighted by Gasteiger charge is 2.11. The van der Waals surface area contributed by atoms with Crippen LogP contribution in [0.1, 0.15) is 19.5 Å². The van der Waals surface area contributed by atoms with Crippen molar-refractivity contribution in [2.45, 2.75) is 20.8 Å². The smallest absolute Gasteiger partial charge is 0.321 e. The van der Waals surface area contributed by atoms with Gasteiger partial charge in [-0.15, -0.1) is 0 Å². The largest absolute Gasteiger partial charge is 0.325 e. The average molecular weight is 257 g/mol. The first-order valence-electron chi connectivity index (χ1n) is 6.58. The summed E-state index contributed by atoms with van der Waals surface area (Å²) in [5.41, 5.74) is 2.54. The lowest BCUT2D eigenvalue weighted by atomic mass is 10.2. The molecule has 1 aromatic carbocycles. The minimum absolute atomic E-state index is 0.0826. The Morgan fingerprint density at radius 1 is 1.21 bits per heavy atom. The highest BCUT2D eigenvalue weighted by atomic mass is 16.2. The molecule has 0 bridgehead atoms. The molecule has 1 heterocycles. The van der Waals surface area contributed by atoms with Crippen molar-refractivity contribution >= 4 is 22.6 Å². The number of para-hydroxylation sites is 1. The molecule has 100 valence electrons. The molecular formula is C15H19N3O. The molecule has 1 aromatic heterocycles. The molecule has 2 rings (SSSR count). The highest BCUT2D eigenvalue weighted by molar-refractivity contribution is 5.99. The third-order valence-electron chi connectivity index (χ3n) is 3.15. The molecule has 2 aromatic rings. The molecule has 0 saturated heterocycles. The molecule has 4 heteroatoms. The monoisotopic (exact) mass is 257 g/mol. The van der Waals surface area contributed by atoms with Gasteiger partial charge in [0.05, 0.1) is 11.2 Å². The van der Waals surface area contributed by atoms with Gasteiger partial charge in [0.2, 0.25) is 0 Å². The van der Waals surface area contributed by atoms with E-state index in [0.29, 0.717) is 13.1 Å². The number of pyridine rings is 1. The lowest BCUT2D eigenvalue weighted by molar-refractivity contribution is 0.217. The number of rotatable bonds is 3. The number of carbonyl (C=O) groups is 1. The van der Waals surface area contributed by atoms with Gasteiger partial charge in [0.1, 0.15) is 0 Å². The van der Waals surface area contributed by atoms with E-state index in [9.17, 15) is 4.79 Å². The van der Waals surface area contributed by atoms with Crippen molar-refractivity contribution in [2.75, 3.05) is 18.4 Å². The van der Waals surface area contributed by atoms with Gasteiger partial charge in [-0.05, 0) is 32.9 Å². The number of hydrogen-bond donors (Lipinski definition) is 1. The van der Waals surface area contributed by atoms with Crippen LogP contribution >= 0.6 is 0 Å². The van der Waals surface area contributed by atoms with Crippen LogP contribution in [0.3, 0.4) is 0 Å². The third kappa shape index (κ3) is 2.84. The fraction of sp³-hybridized carbons (Fsp3) is 0.333. The number of carbonyl (C=O) groups excluding carboxylic acids is 1. The molecule has 0 radical (unpaired) electrons. The minimum Gasteiger partial charge on any atom is -0.325 e. The first-order valence-corrected chi connectivity index (χ1v) is 6.58. The molecule has 1 N–H and O–H groups in total. The van der Waals surface area contributed by atoms with E-state index in [1.165, 1.54) is 0 Å². The van der Waals surface area contributed by atoms with E-state index < -0.39 is 0 Å². The quantitative estimate of drug-likeness (QED) is 0.915. The summed E-state index contributed by atoms with van der Waals surface area (Å²) in [5, 5.41) is 3.97. The number of aromatic nitrogens is 1. The summed E-state index contributed by atoms with van der Waals surface area (Å²) in [5.74, 6) is 0. The maximum absolute atomic E-state index is 12.1. The molecule has 4 nitrogen and oxygen atoms in total. The fourth-order valence-electron chi connectivity index (χ4n) is 2.05. The van der Waals surface area contributed by atoms with E-state index in [4.69, 9.17) is 0 Å². The zero-order chi connectivity index (χ0) is 13.8. The summed E-state index contributed by atoms with van der Waals surface area (Å²) in [4.78, 5) is 18.3. The van der Waals surface area contributed by atoms with Crippen LogP contribution in [0.5, 0.6) is 0 Å². The Morgan fingerprint density at radius 3 is 2.63 bits per heavy atom. The third-order valence-corrected chi connectivity index (χ3v) is 3.15. The Morgan fingerprint density at radius 2 is 1.95 bits per heavy atom. The number of nitrogens with zero attached hydrogens (tertiary/aromatic N) is 2. The molecule has 0 aliphatic heterocycles. The second kappa shape index (κ2) is 5.69. The number of amides is 2. The number of anilines is 1. The van der Waals surface area contributed by atoms with E-state index in [2.05, 4.69) is 10.3 Å². The second-order valence-corrected chi connectivity index (χ2v) is 4.43. The van der Waals surface area contributed by atoms with E-state index in [0.717, 1.165) is 22.3 Å². The molecule has 0 fully saturated rings. The van der Waals surface area contributed by atoms with E-state index in [-0.39, 0.29) is 6.03 Å². The summed E-state index contributed by atoms with van der Waals surface area (Å²) in [7, 11) is 0. The van der Waals surface area contributed by atoms with Gasteiger partial charge in [0, 0.05) is 24.2 Å². The highest BCUT2D eigenvalue weighted by Crippen LogP contribution is 2.22. The Bertz CT molecular complexity index is 591. The first kappa shape index (κ1) is 13.3. The Labute approximate surface area is 113 Å². The van der Waals surface area contributed by atoms with Crippen LogP contribution in [0.25, 0.3) is 10.9 Å². The fourth-order valence-corrected chi connectivity index (χ4v) is 2.05. The van der Waals surface area contributed by atoms with Crippen LogP contribution in [-0.4, -0.2) is 29.0 Å². The maximum Gasteiger partial charge on any atom is 0.321 e. The number of fused-ring (bicyclic) bond motifs is 1. The van der Waals surface area contributed by atoms with Crippen molar-refractivity contribution in [2.24, 2.45) is 0 Å². The van der Waals surface area contributed by atoms with Gasteiger partial charge >= 0.3 is 6.03 Å². The molecule has 0 atom stereocenters. The lowest BCUT2D eigenvalue weighted by Crippen LogP contribution is -2.34. The number of aryl methyl sites for hydroxylation is 1. The van der Waals surface area contributed by atoms with Crippen LogP contribution in [0.4, 0.5) is 10.5 Å². The summed E-state index contributed by atoms with van der Waals surface area (Å²) < 4.78 is 0. The molecule has 0 aliphatic carbocycles. The first-order chi connectivity index (χ1) is 9.15. The lowest BCUT2D eigenvalue weighted by Gasteiger charge is -2.19. The maximum atomic E-state index is 12.1. The second-order valence-electron chi connectivity index (χ2n) is 4.43. The van der Waals surface area contributed by atoms with Gasteiger partial charge < -0.3 is 10.2 Å². The Balaban J connectivity index is 2.35. The zero-order valence-corrected chi connectivity index (χ0v) is 11.6.